The quantitative estimate of drug-likeness (QED) is 0.876. The largest absolute Gasteiger partial charge is 0.338 e. The van der Waals surface area contributed by atoms with Crippen LogP contribution in [0.25, 0.3) is 0 Å². The number of hydrogen-bond acceptors (Lipinski definition) is 4. The summed E-state index contributed by atoms with van der Waals surface area (Å²) in [6.07, 6.45) is 3.88. The lowest BCUT2D eigenvalue weighted by Gasteiger charge is -2.32. The molecule has 1 fully saturated rings. The molecule has 0 bridgehead atoms. The van der Waals surface area contributed by atoms with E-state index in [-0.39, 0.29) is 11.8 Å². The molecule has 2 aromatic rings. The first-order valence-corrected chi connectivity index (χ1v) is 8.32. The summed E-state index contributed by atoms with van der Waals surface area (Å²) in [6.45, 7) is 5.83. The predicted molar refractivity (Wildman–Crippen MR) is 82.6 cm³/mol. The second-order valence-electron chi connectivity index (χ2n) is 5.79. The molecule has 21 heavy (non-hydrogen) atoms. The molecule has 1 aliphatic heterocycles. The van der Waals surface area contributed by atoms with E-state index in [0.29, 0.717) is 6.04 Å². The van der Waals surface area contributed by atoms with Crippen molar-refractivity contribution in [2.24, 2.45) is 0 Å². The average molecular weight is 304 g/mol. The van der Waals surface area contributed by atoms with Crippen LogP contribution in [0.1, 0.15) is 54.8 Å². The topological polar surface area (TPSA) is 51.0 Å². The van der Waals surface area contributed by atoms with Crippen LogP contribution < -0.4 is 0 Å². The van der Waals surface area contributed by atoms with Gasteiger partial charge in [0.1, 0.15) is 12.2 Å². The van der Waals surface area contributed by atoms with E-state index in [0.717, 1.165) is 37.3 Å². The molecule has 0 aliphatic carbocycles. The van der Waals surface area contributed by atoms with Gasteiger partial charge in [-0.2, -0.15) is 11.3 Å². The number of aromatic nitrogens is 3. The van der Waals surface area contributed by atoms with Crippen molar-refractivity contribution in [1.82, 2.24) is 19.7 Å². The number of carbonyl (C=O) groups excluding carboxylic acids is 1. The highest BCUT2D eigenvalue weighted by atomic mass is 32.1. The Labute approximate surface area is 128 Å². The van der Waals surface area contributed by atoms with E-state index in [1.807, 2.05) is 21.7 Å². The Morgan fingerprint density at radius 1 is 1.48 bits per heavy atom. The molecular formula is C15H20N4OS. The molecule has 0 aromatic carbocycles. The second kappa shape index (κ2) is 5.97. The monoisotopic (exact) mass is 304 g/mol. The summed E-state index contributed by atoms with van der Waals surface area (Å²) in [5, 5.41) is 12.2. The van der Waals surface area contributed by atoms with Gasteiger partial charge < -0.3 is 9.47 Å². The van der Waals surface area contributed by atoms with Gasteiger partial charge in [0.25, 0.3) is 5.91 Å². The van der Waals surface area contributed by atoms with Crippen molar-refractivity contribution in [2.45, 2.75) is 38.6 Å². The number of piperidine rings is 1. The van der Waals surface area contributed by atoms with Gasteiger partial charge in [-0.3, -0.25) is 4.79 Å². The van der Waals surface area contributed by atoms with E-state index in [1.54, 1.807) is 17.7 Å². The normalized spacial score (nSPS) is 19.2. The molecule has 5 nitrogen and oxygen atoms in total. The zero-order chi connectivity index (χ0) is 14.8. The summed E-state index contributed by atoms with van der Waals surface area (Å²) in [5.41, 5.74) is 0.797. The molecule has 1 aliphatic rings. The Balaban J connectivity index is 1.77. The number of amides is 1. The Morgan fingerprint density at radius 3 is 3.05 bits per heavy atom. The molecule has 1 atom stereocenters. The van der Waals surface area contributed by atoms with Gasteiger partial charge in [0.2, 0.25) is 0 Å². The third-order valence-electron chi connectivity index (χ3n) is 4.00. The van der Waals surface area contributed by atoms with E-state index in [9.17, 15) is 4.79 Å². The van der Waals surface area contributed by atoms with Crippen molar-refractivity contribution in [1.29, 1.82) is 0 Å². The number of hydrogen-bond donors (Lipinski definition) is 0. The summed E-state index contributed by atoms with van der Waals surface area (Å²) in [7, 11) is 0. The Bertz CT molecular complexity index is 605. The number of likely N-dealkylation sites (tertiary alicyclic amines) is 1. The summed E-state index contributed by atoms with van der Waals surface area (Å²) in [5.74, 6) is 1.43. The maximum atomic E-state index is 12.5. The lowest BCUT2D eigenvalue weighted by atomic mass is 9.96. The van der Waals surface area contributed by atoms with E-state index < -0.39 is 0 Å². The minimum atomic E-state index is 0.136. The first-order valence-electron chi connectivity index (χ1n) is 7.37. The fourth-order valence-electron chi connectivity index (χ4n) is 2.88. The molecule has 3 heterocycles. The summed E-state index contributed by atoms with van der Waals surface area (Å²) in [6, 6.07) is 2.24. The zero-order valence-electron chi connectivity index (χ0n) is 12.4. The SMILES string of the molecule is CC(C)n1cnnc1C1CCCN(C(=O)c2ccsc2)C1. The van der Waals surface area contributed by atoms with Gasteiger partial charge in [-0.25, -0.2) is 0 Å². The molecule has 0 spiro atoms. The van der Waals surface area contributed by atoms with Crippen molar-refractivity contribution in [3.8, 4) is 0 Å². The van der Waals surface area contributed by atoms with Crippen LogP contribution in [0.2, 0.25) is 0 Å². The first kappa shape index (κ1) is 14.3. The summed E-state index contributed by atoms with van der Waals surface area (Å²) in [4.78, 5) is 14.4. The second-order valence-corrected chi connectivity index (χ2v) is 6.57. The standard InChI is InChI=1S/C15H20N4OS/c1-11(2)19-10-16-17-14(19)12-4-3-6-18(8-12)15(20)13-5-7-21-9-13/h5,7,9-12H,3-4,6,8H2,1-2H3. The van der Waals surface area contributed by atoms with Crippen LogP contribution in [0.5, 0.6) is 0 Å². The molecule has 112 valence electrons. The predicted octanol–water partition coefficient (Wildman–Crippen LogP) is 2.94. The molecule has 1 amide bonds. The van der Waals surface area contributed by atoms with E-state index in [4.69, 9.17) is 0 Å². The van der Waals surface area contributed by atoms with Crippen LogP contribution in [-0.2, 0) is 0 Å². The molecule has 0 saturated carbocycles. The molecule has 0 radical (unpaired) electrons. The van der Waals surface area contributed by atoms with Crippen LogP contribution in [0.4, 0.5) is 0 Å². The maximum absolute atomic E-state index is 12.5. The van der Waals surface area contributed by atoms with Crippen LogP contribution in [0.15, 0.2) is 23.2 Å². The van der Waals surface area contributed by atoms with E-state index in [1.165, 1.54) is 0 Å². The van der Waals surface area contributed by atoms with Gasteiger partial charge in [-0.15, -0.1) is 10.2 Å². The number of rotatable bonds is 3. The maximum Gasteiger partial charge on any atom is 0.254 e. The molecular weight excluding hydrogens is 284 g/mol. The van der Waals surface area contributed by atoms with E-state index >= 15 is 0 Å². The number of thiophene rings is 1. The Kier molecular flexibility index (Phi) is 4.05. The first-order chi connectivity index (χ1) is 10.2. The highest BCUT2D eigenvalue weighted by molar-refractivity contribution is 7.08. The van der Waals surface area contributed by atoms with Gasteiger partial charge in [0.05, 0.1) is 5.56 Å². The molecule has 1 saturated heterocycles. The fourth-order valence-corrected chi connectivity index (χ4v) is 3.51. The third kappa shape index (κ3) is 2.85. The van der Waals surface area contributed by atoms with Crippen molar-refractivity contribution in [2.75, 3.05) is 13.1 Å². The number of nitrogens with zero attached hydrogens (tertiary/aromatic N) is 4. The van der Waals surface area contributed by atoms with Crippen molar-refractivity contribution >= 4 is 17.2 Å². The number of carbonyl (C=O) groups is 1. The lowest BCUT2D eigenvalue weighted by molar-refractivity contribution is 0.0703. The molecule has 1 unspecified atom stereocenters. The summed E-state index contributed by atoms with van der Waals surface area (Å²) >= 11 is 1.56. The van der Waals surface area contributed by atoms with Crippen molar-refractivity contribution in [3.05, 3.63) is 34.5 Å². The highest BCUT2D eigenvalue weighted by Gasteiger charge is 2.28. The van der Waals surface area contributed by atoms with Crippen LogP contribution in [-0.4, -0.2) is 38.7 Å². The van der Waals surface area contributed by atoms with Gasteiger partial charge >= 0.3 is 0 Å². The lowest BCUT2D eigenvalue weighted by Crippen LogP contribution is -2.39. The zero-order valence-corrected chi connectivity index (χ0v) is 13.2. The van der Waals surface area contributed by atoms with Crippen molar-refractivity contribution < 1.29 is 4.79 Å². The minimum absolute atomic E-state index is 0.136. The smallest absolute Gasteiger partial charge is 0.254 e. The summed E-state index contributed by atoms with van der Waals surface area (Å²) < 4.78 is 2.11. The van der Waals surface area contributed by atoms with Crippen LogP contribution in [0, 0.1) is 0 Å². The van der Waals surface area contributed by atoms with Crippen LogP contribution in [0.3, 0.4) is 0 Å². The molecule has 6 heteroatoms. The van der Waals surface area contributed by atoms with Crippen molar-refractivity contribution in [3.63, 3.8) is 0 Å². The third-order valence-corrected chi connectivity index (χ3v) is 4.68. The van der Waals surface area contributed by atoms with E-state index in [2.05, 4.69) is 28.6 Å². The molecule has 3 rings (SSSR count). The van der Waals surface area contributed by atoms with Gasteiger partial charge in [0, 0.05) is 30.4 Å². The molecule has 2 aromatic heterocycles. The minimum Gasteiger partial charge on any atom is -0.338 e. The Hall–Kier alpha value is -1.69. The molecule has 0 N–H and O–H groups in total. The van der Waals surface area contributed by atoms with Gasteiger partial charge in [-0.1, -0.05) is 0 Å². The van der Waals surface area contributed by atoms with Crippen LogP contribution >= 0.6 is 11.3 Å². The van der Waals surface area contributed by atoms with Gasteiger partial charge in [0.15, 0.2) is 0 Å². The van der Waals surface area contributed by atoms with Gasteiger partial charge in [-0.05, 0) is 38.1 Å². The Morgan fingerprint density at radius 2 is 2.33 bits per heavy atom. The average Bonchev–Trinajstić information content (AvgIpc) is 3.17. The highest BCUT2D eigenvalue weighted by Crippen LogP contribution is 2.28. The fraction of sp³-hybridized carbons (Fsp3) is 0.533.